The van der Waals surface area contributed by atoms with E-state index >= 15 is 0 Å². The Morgan fingerprint density at radius 2 is 1.84 bits per heavy atom. The summed E-state index contributed by atoms with van der Waals surface area (Å²) in [5.74, 6) is 1.91. The van der Waals surface area contributed by atoms with Crippen LogP contribution in [0, 0.1) is 0 Å². The number of aliphatic hydroxyl groups is 2. The molecule has 114 valence electrons. The molecule has 0 radical (unpaired) electrons. The SMILES string of the molecule is CC(O)COC(C)COC(C)CO.[O-][P+]1=CCCC1. The molecule has 0 saturated heterocycles. The molecule has 4 unspecified atom stereocenters. The van der Waals surface area contributed by atoms with E-state index in [1.54, 1.807) is 13.8 Å². The number of rotatable bonds is 7. The van der Waals surface area contributed by atoms with Gasteiger partial charge in [0.1, 0.15) is 6.16 Å². The summed E-state index contributed by atoms with van der Waals surface area (Å²) >= 11 is 0. The lowest BCUT2D eigenvalue weighted by Crippen LogP contribution is -2.24. The van der Waals surface area contributed by atoms with Crippen molar-refractivity contribution in [3.63, 3.8) is 0 Å². The van der Waals surface area contributed by atoms with Crippen LogP contribution < -0.4 is 4.89 Å². The van der Waals surface area contributed by atoms with Crippen LogP contribution in [0.1, 0.15) is 33.6 Å². The Bertz CT molecular complexity index is 245. The van der Waals surface area contributed by atoms with Crippen molar-refractivity contribution in [2.24, 2.45) is 0 Å². The summed E-state index contributed by atoms with van der Waals surface area (Å²) in [5, 5.41) is 17.6. The van der Waals surface area contributed by atoms with Gasteiger partial charge in [-0.05, 0) is 27.2 Å². The quantitative estimate of drug-likeness (QED) is 0.669. The molecular formula is C13H27O5P. The van der Waals surface area contributed by atoms with Gasteiger partial charge in [-0.1, -0.05) is 0 Å². The molecule has 0 aliphatic carbocycles. The number of ether oxygens (including phenoxy) is 2. The lowest BCUT2D eigenvalue weighted by Gasteiger charge is -2.16. The maximum Gasteiger partial charge on any atom is 0.103 e. The van der Waals surface area contributed by atoms with E-state index in [9.17, 15) is 4.89 Å². The topological polar surface area (TPSA) is 82.0 Å². The van der Waals surface area contributed by atoms with Crippen molar-refractivity contribution >= 4 is 13.6 Å². The van der Waals surface area contributed by atoms with E-state index in [4.69, 9.17) is 19.7 Å². The van der Waals surface area contributed by atoms with Crippen LogP contribution in [-0.4, -0.2) is 60.3 Å². The summed E-state index contributed by atoms with van der Waals surface area (Å²) in [7, 11) is -0.840. The van der Waals surface area contributed by atoms with E-state index in [2.05, 4.69) is 0 Å². The normalized spacial score (nSPS) is 21.1. The Labute approximate surface area is 117 Å². The number of hydrogen-bond donors (Lipinski definition) is 2. The van der Waals surface area contributed by atoms with Gasteiger partial charge < -0.3 is 24.6 Å². The summed E-state index contributed by atoms with van der Waals surface area (Å²) in [6.45, 7) is 6.10. The zero-order valence-corrected chi connectivity index (χ0v) is 13.0. The third-order valence-electron chi connectivity index (χ3n) is 2.41. The number of hydrogen-bond acceptors (Lipinski definition) is 5. The molecular weight excluding hydrogens is 267 g/mol. The molecule has 2 N–H and O–H groups in total. The van der Waals surface area contributed by atoms with Crippen molar-refractivity contribution in [2.75, 3.05) is 26.0 Å². The van der Waals surface area contributed by atoms with Crippen molar-refractivity contribution in [3.05, 3.63) is 0 Å². The van der Waals surface area contributed by atoms with Crippen LogP contribution in [0.2, 0.25) is 0 Å². The first-order chi connectivity index (χ1) is 8.95. The van der Waals surface area contributed by atoms with Crippen molar-refractivity contribution in [2.45, 2.75) is 51.9 Å². The van der Waals surface area contributed by atoms with E-state index in [1.807, 2.05) is 12.7 Å². The van der Waals surface area contributed by atoms with Gasteiger partial charge in [0.15, 0.2) is 0 Å². The average Bonchev–Trinajstić information content (AvgIpc) is 2.85. The Morgan fingerprint density at radius 3 is 2.21 bits per heavy atom. The summed E-state index contributed by atoms with van der Waals surface area (Å²) in [6.07, 6.45) is 2.51. The van der Waals surface area contributed by atoms with E-state index in [0.29, 0.717) is 13.2 Å². The smallest absolute Gasteiger partial charge is 0.103 e. The maximum atomic E-state index is 10.3. The lowest BCUT2D eigenvalue weighted by molar-refractivity contribution is -0.152. The Kier molecular flexibility index (Phi) is 11.7. The molecule has 6 heteroatoms. The lowest BCUT2D eigenvalue weighted by atomic mass is 10.4. The van der Waals surface area contributed by atoms with E-state index < -0.39 is 13.9 Å². The molecule has 0 bridgehead atoms. The van der Waals surface area contributed by atoms with Crippen LogP contribution in [0.15, 0.2) is 0 Å². The van der Waals surface area contributed by atoms with E-state index in [-0.39, 0.29) is 18.8 Å². The molecule has 4 atom stereocenters. The van der Waals surface area contributed by atoms with Gasteiger partial charge in [0.25, 0.3) is 0 Å². The molecule has 0 aromatic carbocycles. The first-order valence-electron chi connectivity index (χ1n) is 6.75. The molecule has 1 aliphatic rings. The Balaban J connectivity index is 0.000000443. The standard InChI is InChI=1S/C9H20O4.C4H7OP/c1-7(11)5-12-9(3)6-13-8(2)4-10;5-6-3-1-2-4-6/h7-11H,4-6H2,1-3H3;3H,1-2,4H2. The fraction of sp³-hybridized carbons (Fsp3) is 0.923. The van der Waals surface area contributed by atoms with Gasteiger partial charge in [0, 0.05) is 14.2 Å². The average molecular weight is 294 g/mol. The molecule has 1 rings (SSSR count). The highest BCUT2D eigenvalue weighted by atomic mass is 31.1. The minimum Gasteiger partial charge on any atom is -0.631 e. The van der Waals surface area contributed by atoms with Crippen LogP contribution >= 0.6 is 7.77 Å². The molecule has 0 aromatic rings. The third kappa shape index (κ3) is 12.7. The van der Waals surface area contributed by atoms with Crippen molar-refractivity contribution in [1.29, 1.82) is 0 Å². The fourth-order valence-electron chi connectivity index (χ4n) is 1.28. The van der Waals surface area contributed by atoms with Gasteiger partial charge >= 0.3 is 0 Å². The molecule has 0 saturated carbocycles. The largest absolute Gasteiger partial charge is 0.631 e. The molecule has 1 aliphatic heterocycles. The minimum atomic E-state index is -0.840. The summed E-state index contributed by atoms with van der Waals surface area (Å²) in [6, 6.07) is 0. The van der Waals surface area contributed by atoms with Crippen LogP contribution in [0.25, 0.3) is 0 Å². The summed E-state index contributed by atoms with van der Waals surface area (Å²) in [4.78, 5) is 10.3. The predicted octanol–water partition coefficient (Wildman–Crippen LogP) is 0.509. The predicted molar refractivity (Wildman–Crippen MR) is 76.7 cm³/mol. The van der Waals surface area contributed by atoms with E-state index in [0.717, 1.165) is 19.0 Å². The van der Waals surface area contributed by atoms with Gasteiger partial charge in [-0.3, -0.25) is 0 Å². The second kappa shape index (κ2) is 11.8. The van der Waals surface area contributed by atoms with Crippen LogP contribution in [0.5, 0.6) is 0 Å². The summed E-state index contributed by atoms with van der Waals surface area (Å²) < 4.78 is 10.5. The highest BCUT2D eigenvalue weighted by Gasteiger charge is 2.07. The molecule has 0 amide bonds. The third-order valence-corrected chi connectivity index (χ3v) is 3.83. The zero-order valence-electron chi connectivity index (χ0n) is 12.1. The Morgan fingerprint density at radius 1 is 1.21 bits per heavy atom. The number of aliphatic hydroxyl groups excluding tert-OH is 2. The fourth-order valence-corrected chi connectivity index (χ4v) is 2.43. The molecule has 0 fully saturated rings. The maximum absolute atomic E-state index is 10.3. The monoisotopic (exact) mass is 294 g/mol. The second-order valence-electron chi connectivity index (χ2n) is 4.78. The van der Waals surface area contributed by atoms with Gasteiger partial charge in [0.2, 0.25) is 0 Å². The first kappa shape index (κ1) is 19.0. The van der Waals surface area contributed by atoms with Crippen molar-refractivity contribution in [3.8, 4) is 0 Å². The van der Waals surface area contributed by atoms with Gasteiger partial charge in [-0.2, -0.15) is 0 Å². The van der Waals surface area contributed by atoms with Crippen LogP contribution in [0.3, 0.4) is 0 Å². The summed E-state index contributed by atoms with van der Waals surface area (Å²) in [5.41, 5.74) is 0. The van der Waals surface area contributed by atoms with E-state index in [1.165, 1.54) is 0 Å². The van der Waals surface area contributed by atoms with Gasteiger partial charge in [0.05, 0.1) is 43.9 Å². The molecule has 5 nitrogen and oxygen atoms in total. The van der Waals surface area contributed by atoms with Gasteiger partial charge in [-0.15, -0.1) is 0 Å². The molecule has 19 heavy (non-hydrogen) atoms. The molecule has 1 heterocycles. The van der Waals surface area contributed by atoms with Crippen molar-refractivity contribution in [1.82, 2.24) is 0 Å². The first-order valence-corrected chi connectivity index (χ1v) is 8.26. The van der Waals surface area contributed by atoms with Gasteiger partial charge in [-0.25, -0.2) is 0 Å². The molecule has 0 aromatic heterocycles. The molecule has 0 spiro atoms. The highest BCUT2D eigenvalue weighted by Crippen LogP contribution is 2.19. The van der Waals surface area contributed by atoms with Crippen LogP contribution in [-0.2, 0) is 9.47 Å². The zero-order chi connectivity index (χ0) is 14.7. The van der Waals surface area contributed by atoms with Crippen molar-refractivity contribution < 1.29 is 24.6 Å². The Hall–Kier alpha value is -0.0300. The second-order valence-corrected chi connectivity index (χ2v) is 6.43. The minimum absolute atomic E-state index is 0.0170. The van der Waals surface area contributed by atoms with Crippen LogP contribution in [0.4, 0.5) is 0 Å². The highest BCUT2D eigenvalue weighted by molar-refractivity contribution is 7.50.